The summed E-state index contributed by atoms with van der Waals surface area (Å²) in [6, 6.07) is 0. The first-order valence-corrected chi connectivity index (χ1v) is 7.39. The van der Waals surface area contributed by atoms with Crippen molar-refractivity contribution in [1.82, 2.24) is 0 Å². The van der Waals surface area contributed by atoms with Gasteiger partial charge in [-0.25, -0.2) is 0 Å². The number of ether oxygens (including phenoxy) is 3. The Bertz CT molecular complexity index is 308. The summed E-state index contributed by atoms with van der Waals surface area (Å²) in [7, 11) is 1.31. The molecule has 0 bridgehead atoms. The minimum absolute atomic E-state index is 0.183. The Kier molecular flexibility index (Phi) is 8.13. The number of unbranched alkanes of at least 4 members (excludes halogenated alkanes) is 3. The fourth-order valence-corrected chi connectivity index (χ4v) is 2.19. The molecule has 0 aromatic rings. The lowest BCUT2D eigenvalue weighted by Gasteiger charge is -2.39. The molecule has 7 nitrogen and oxygen atoms in total. The van der Waals surface area contributed by atoms with Crippen molar-refractivity contribution in [3.63, 3.8) is 0 Å². The van der Waals surface area contributed by atoms with E-state index in [0.29, 0.717) is 6.42 Å². The number of carbonyl (C=O) groups excluding carboxylic acids is 1. The second-order valence-corrected chi connectivity index (χ2v) is 5.24. The zero-order chi connectivity index (χ0) is 15.8. The van der Waals surface area contributed by atoms with Crippen LogP contribution in [0.5, 0.6) is 0 Å². The maximum absolute atomic E-state index is 11.5. The van der Waals surface area contributed by atoms with E-state index in [2.05, 4.69) is 6.92 Å². The van der Waals surface area contributed by atoms with Crippen LogP contribution in [0.15, 0.2) is 0 Å². The number of hydrogen-bond donors (Lipinski definition) is 3. The van der Waals surface area contributed by atoms with Crippen molar-refractivity contribution in [2.24, 2.45) is 0 Å². The molecular formula is C14H26O7. The molecule has 1 rings (SSSR count). The van der Waals surface area contributed by atoms with Gasteiger partial charge < -0.3 is 29.5 Å². The van der Waals surface area contributed by atoms with Crippen LogP contribution in [-0.2, 0) is 19.0 Å². The number of esters is 1. The molecule has 0 aromatic heterocycles. The van der Waals surface area contributed by atoms with Gasteiger partial charge in [0.15, 0.2) is 6.29 Å². The molecule has 1 aliphatic rings. The van der Waals surface area contributed by atoms with Gasteiger partial charge in [0.2, 0.25) is 0 Å². The van der Waals surface area contributed by atoms with Gasteiger partial charge in [0.25, 0.3) is 0 Å². The SMILES string of the molecule is CCCCCCC(=O)OC[C@H]1O[C@H](OC)[C@H](O)[C@@H](O)[C@H]1O. The summed E-state index contributed by atoms with van der Waals surface area (Å²) in [5.41, 5.74) is 0. The number of methoxy groups -OCH3 is 1. The maximum Gasteiger partial charge on any atom is 0.305 e. The van der Waals surface area contributed by atoms with E-state index in [1.807, 2.05) is 0 Å². The van der Waals surface area contributed by atoms with Crippen LogP contribution >= 0.6 is 0 Å². The second kappa shape index (κ2) is 9.32. The average Bonchev–Trinajstić information content (AvgIpc) is 2.48. The lowest BCUT2D eigenvalue weighted by atomic mass is 9.99. The predicted octanol–water partition coefficient (Wildman–Crippen LogP) is -0.0460. The molecule has 0 amide bonds. The second-order valence-electron chi connectivity index (χ2n) is 5.24. The molecule has 0 radical (unpaired) electrons. The van der Waals surface area contributed by atoms with Crippen molar-refractivity contribution in [2.75, 3.05) is 13.7 Å². The zero-order valence-corrected chi connectivity index (χ0v) is 12.6. The lowest BCUT2D eigenvalue weighted by Crippen LogP contribution is -2.59. The average molecular weight is 306 g/mol. The van der Waals surface area contributed by atoms with Crippen molar-refractivity contribution in [3.05, 3.63) is 0 Å². The highest BCUT2D eigenvalue weighted by Gasteiger charge is 2.44. The predicted molar refractivity (Wildman–Crippen MR) is 73.4 cm³/mol. The van der Waals surface area contributed by atoms with Crippen LogP contribution < -0.4 is 0 Å². The molecule has 0 aliphatic carbocycles. The maximum atomic E-state index is 11.5. The van der Waals surface area contributed by atoms with Gasteiger partial charge in [0, 0.05) is 13.5 Å². The van der Waals surface area contributed by atoms with Gasteiger partial charge in [0.1, 0.15) is 31.0 Å². The number of aliphatic hydroxyl groups is 3. The highest BCUT2D eigenvalue weighted by Crippen LogP contribution is 2.22. The van der Waals surface area contributed by atoms with E-state index >= 15 is 0 Å². The third-order valence-electron chi connectivity index (χ3n) is 3.54. The minimum atomic E-state index is -1.41. The Morgan fingerprint density at radius 2 is 1.81 bits per heavy atom. The van der Waals surface area contributed by atoms with E-state index in [9.17, 15) is 20.1 Å². The zero-order valence-electron chi connectivity index (χ0n) is 12.6. The topological polar surface area (TPSA) is 105 Å². The van der Waals surface area contributed by atoms with Crippen LogP contribution in [0.3, 0.4) is 0 Å². The van der Waals surface area contributed by atoms with E-state index in [1.54, 1.807) is 0 Å². The Balaban J connectivity index is 2.34. The molecule has 1 aliphatic heterocycles. The fraction of sp³-hybridized carbons (Fsp3) is 0.929. The summed E-state index contributed by atoms with van der Waals surface area (Å²) in [6.45, 7) is 1.91. The van der Waals surface area contributed by atoms with Gasteiger partial charge >= 0.3 is 5.97 Å². The summed E-state index contributed by atoms with van der Waals surface area (Å²) >= 11 is 0. The molecule has 3 N–H and O–H groups in total. The number of carbonyl (C=O) groups is 1. The van der Waals surface area contributed by atoms with Gasteiger partial charge in [-0.2, -0.15) is 0 Å². The fourth-order valence-electron chi connectivity index (χ4n) is 2.19. The van der Waals surface area contributed by atoms with Gasteiger partial charge in [-0.3, -0.25) is 4.79 Å². The lowest BCUT2D eigenvalue weighted by molar-refractivity contribution is -0.295. The molecule has 21 heavy (non-hydrogen) atoms. The smallest absolute Gasteiger partial charge is 0.305 e. The summed E-state index contributed by atoms with van der Waals surface area (Å²) in [4.78, 5) is 11.5. The third kappa shape index (κ3) is 5.52. The molecule has 1 saturated heterocycles. The third-order valence-corrected chi connectivity index (χ3v) is 3.54. The van der Waals surface area contributed by atoms with Crippen LogP contribution in [-0.4, -0.2) is 65.7 Å². The van der Waals surface area contributed by atoms with Crippen molar-refractivity contribution >= 4 is 5.97 Å². The number of hydrogen-bond acceptors (Lipinski definition) is 7. The normalized spacial score (nSPS) is 32.9. The van der Waals surface area contributed by atoms with Crippen molar-refractivity contribution in [1.29, 1.82) is 0 Å². The summed E-state index contributed by atoms with van der Waals surface area (Å²) in [6.07, 6.45) is -1.82. The Labute approximate surface area is 124 Å². The minimum Gasteiger partial charge on any atom is -0.463 e. The Morgan fingerprint density at radius 3 is 2.43 bits per heavy atom. The molecule has 0 saturated carbocycles. The molecular weight excluding hydrogens is 280 g/mol. The number of aliphatic hydroxyl groups excluding tert-OH is 3. The molecule has 1 heterocycles. The van der Waals surface area contributed by atoms with E-state index in [0.717, 1.165) is 25.7 Å². The first kappa shape index (κ1) is 18.3. The first-order valence-electron chi connectivity index (χ1n) is 7.39. The van der Waals surface area contributed by atoms with Crippen LogP contribution in [0, 0.1) is 0 Å². The van der Waals surface area contributed by atoms with Crippen LogP contribution in [0.2, 0.25) is 0 Å². The van der Waals surface area contributed by atoms with Gasteiger partial charge in [-0.15, -0.1) is 0 Å². The van der Waals surface area contributed by atoms with Gasteiger partial charge in [-0.1, -0.05) is 26.2 Å². The molecule has 5 atom stereocenters. The van der Waals surface area contributed by atoms with E-state index in [-0.39, 0.29) is 12.6 Å². The standard InChI is InChI=1S/C14H26O7/c1-3-4-5-6-7-10(15)20-8-9-11(16)12(17)13(18)14(19-2)21-9/h9,11-14,16-18H,3-8H2,1-2H3/t9-,11+,12+,13-,14+/m1/s1. The first-order chi connectivity index (χ1) is 10.0. The molecule has 0 aromatic carbocycles. The van der Waals surface area contributed by atoms with E-state index < -0.39 is 30.7 Å². The molecule has 0 unspecified atom stereocenters. The monoisotopic (exact) mass is 306 g/mol. The van der Waals surface area contributed by atoms with Gasteiger partial charge in [0.05, 0.1) is 0 Å². The number of rotatable bonds is 8. The Hall–Kier alpha value is -0.730. The Morgan fingerprint density at radius 1 is 1.10 bits per heavy atom. The van der Waals surface area contributed by atoms with Crippen LogP contribution in [0.25, 0.3) is 0 Å². The van der Waals surface area contributed by atoms with Crippen LogP contribution in [0.4, 0.5) is 0 Å². The van der Waals surface area contributed by atoms with Crippen molar-refractivity contribution in [3.8, 4) is 0 Å². The summed E-state index contributed by atoms with van der Waals surface area (Å²) in [5.74, 6) is -0.364. The summed E-state index contributed by atoms with van der Waals surface area (Å²) < 4.78 is 15.2. The largest absolute Gasteiger partial charge is 0.463 e. The van der Waals surface area contributed by atoms with E-state index in [4.69, 9.17) is 14.2 Å². The molecule has 0 spiro atoms. The van der Waals surface area contributed by atoms with Crippen LogP contribution in [0.1, 0.15) is 39.0 Å². The van der Waals surface area contributed by atoms with Crippen molar-refractivity contribution < 1.29 is 34.3 Å². The molecule has 7 heteroatoms. The van der Waals surface area contributed by atoms with Gasteiger partial charge in [-0.05, 0) is 6.42 Å². The summed E-state index contributed by atoms with van der Waals surface area (Å²) in [5, 5.41) is 29.1. The molecule has 1 fully saturated rings. The highest BCUT2D eigenvalue weighted by atomic mass is 16.7. The quantitative estimate of drug-likeness (QED) is 0.426. The van der Waals surface area contributed by atoms with Crippen molar-refractivity contribution in [2.45, 2.75) is 69.7 Å². The highest BCUT2D eigenvalue weighted by molar-refractivity contribution is 5.69. The van der Waals surface area contributed by atoms with E-state index in [1.165, 1.54) is 7.11 Å². The molecule has 124 valence electrons.